The fourth-order valence-corrected chi connectivity index (χ4v) is 2.85. The van der Waals surface area contributed by atoms with Gasteiger partial charge >= 0.3 is 0 Å². The Morgan fingerprint density at radius 1 is 1.08 bits per heavy atom. The van der Waals surface area contributed by atoms with Gasteiger partial charge in [-0.2, -0.15) is 0 Å². The van der Waals surface area contributed by atoms with Gasteiger partial charge in [-0.25, -0.2) is 0 Å². The van der Waals surface area contributed by atoms with Crippen LogP contribution in [0.4, 0.5) is 0 Å². The first-order valence-electron chi connectivity index (χ1n) is 8.22. The maximum Gasteiger partial charge on any atom is 0.259 e. The van der Waals surface area contributed by atoms with E-state index in [0.29, 0.717) is 30.1 Å². The van der Waals surface area contributed by atoms with Gasteiger partial charge < -0.3 is 9.42 Å². The molecule has 3 aromatic rings. The SMILES string of the molecule is Cc1ccccc1CN(Cc1cccnc1)C(=O)c1c(C)noc1C. The maximum atomic E-state index is 13.2. The molecule has 0 aliphatic rings. The zero-order valence-electron chi connectivity index (χ0n) is 14.7. The topological polar surface area (TPSA) is 59.2 Å². The first-order valence-corrected chi connectivity index (χ1v) is 8.22. The maximum absolute atomic E-state index is 13.2. The van der Waals surface area contributed by atoms with Crippen molar-refractivity contribution in [1.29, 1.82) is 0 Å². The van der Waals surface area contributed by atoms with Crippen LogP contribution in [-0.4, -0.2) is 20.9 Å². The summed E-state index contributed by atoms with van der Waals surface area (Å²) in [6, 6.07) is 11.9. The number of nitrogens with zero attached hydrogens (tertiary/aromatic N) is 3. The Hall–Kier alpha value is -2.95. The smallest absolute Gasteiger partial charge is 0.259 e. The molecule has 0 aliphatic heterocycles. The Kier molecular flexibility index (Phi) is 4.93. The summed E-state index contributed by atoms with van der Waals surface area (Å²) in [6.07, 6.45) is 3.51. The van der Waals surface area contributed by atoms with Crippen LogP contribution in [0, 0.1) is 20.8 Å². The molecule has 5 nitrogen and oxygen atoms in total. The van der Waals surface area contributed by atoms with Gasteiger partial charge in [-0.1, -0.05) is 35.5 Å². The summed E-state index contributed by atoms with van der Waals surface area (Å²) in [7, 11) is 0. The summed E-state index contributed by atoms with van der Waals surface area (Å²) in [5, 5.41) is 3.92. The molecule has 128 valence electrons. The average Bonchev–Trinajstić information content (AvgIpc) is 2.95. The fraction of sp³-hybridized carbons (Fsp3) is 0.250. The molecule has 0 atom stereocenters. The number of hydrogen-bond donors (Lipinski definition) is 0. The quantitative estimate of drug-likeness (QED) is 0.711. The third-order valence-electron chi connectivity index (χ3n) is 4.25. The molecule has 0 saturated carbocycles. The van der Waals surface area contributed by atoms with Crippen molar-refractivity contribution in [2.75, 3.05) is 0 Å². The molecule has 1 aromatic carbocycles. The summed E-state index contributed by atoms with van der Waals surface area (Å²) in [4.78, 5) is 19.1. The molecule has 0 N–H and O–H groups in total. The van der Waals surface area contributed by atoms with E-state index in [4.69, 9.17) is 4.52 Å². The van der Waals surface area contributed by atoms with E-state index in [1.165, 1.54) is 0 Å². The first kappa shape index (κ1) is 16.9. The number of aromatic nitrogens is 2. The molecule has 2 heterocycles. The third-order valence-corrected chi connectivity index (χ3v) is 4.25. The van der Waals surface area contributed by atoms with Crippen molar-refractivity contribution >= 4 is 5.91 Å². The van der Waals surface area contributed by atoms with Crippen molar-refractivity contribution in [3.05, 3.63) is 82.5 Å². The predicted octanol–water partition coefficient (Wildman–Crippen LogP) is 3.84. The molecule has 25 heavy (non-hydrogen) atoms. The van der Waals surface area contributed by atoms with Gasteiger partial charge in [0.2, 0.25) is 0 Å². The average molecular weight is 335 g/mol. The third kappa shape index (κ3) is 3.76. The van der Waals surface area contributed by atoms with E-state index >= 15 is 0 Å². The van der Waals surface area contributed by atoms with Gasteiger partial charge in [0.15, 0.2) is 0 Å². The van der Waals surface area contributed by atoms with Crippen LogP contribution in [0.25, 0.3) is 0 Å². The van der Waals surface area contributed by atoms with Crippen LogP contribution in [0.1, 0.15) is 38.5 Å². The van der Waals surface area contributed by atoms with Crippen molar-refractivity contribution < 1.29 is 9.32 Å². The number of pyridine rings is 1. The minimum atomic E-state index is -0.0802. The number of aryl methyl sites for hydroxylation is 3. The van der Waals surface area contributed by atoms with E-state index in [2.05, 4.69) is 23.1 Å². The molecule has 0 spiro atoms. The normalized spacial score (nSPS) is 10.7. The molecule has 0 bridgehead atoms. The summed E-state index contributed by atoms with van der Waals surface area (Å²) in [5.41, 5.74) is 4.41. The van der Waals surface area contributed by atoms with Crippen LogP contribution in [-0.2, 0) is 13.1 Å². The molecular formula is C20H21N3O2. The van der Waals surface area contributed by atoms with Crippen LogP contribution in [0.15, 0.2) is 53.3 Å². The summed E-state index contributed by atoms with van der Waals surface area (Å²) >= 11 is 0. The largest absolute Gasteiger partial charge is 0.361 e. The number of benzene rings is 1. The van der Waals surface area contributed by atoms with E-state index < -0.39 is 0 Å². The van der Waals surface area contributed by atoms with E-state index in [-0.39, 0.29) is 5.91 Å². The minimum Gasteiger partial charge on any atom is -0.361 e. The van der Waals surface area contributed by atoms with Crippen LogP contribution in [0.3, 0.4) is 0 Å². The van der Waals surface area contributed by atoms with Crippen molar-refractivity contribution in [2.24, 2.45) is 0 Å². The molecular weight excluding hydrogens is 314 g/mol. The molecule has 0 radical (unpaired) electrons. The second kappa shape index (κ2) is 7.30. The predicted molar refractivity (Wildman–Crippen MR) is 95.0 cm³/mol. The lowest BCUT2D eigenvalue weighted by molar-refractivity contribution is 0.0727. The van der Waals surface area contributed by atoms with Gasteiger partial charge in [0, 0.05) is 25.5 Å². The molecule has 0 saturated heterocycles. The lowest BCUT2D eigenvalue weighted by atomic mass is 10.1. The number of carbonyl (C=O) groups excluding carboxylic acids is 1. The first-order chi connectivity index (χ1) is 12.1. The van der Waals surface area contributed by atoms with Gasteiger partial charge in [-0.05, 0) is 43.5 Å². The standard InChI is InChI=1S/C20H21N3O2/c1-14-7-4-5-9-18(14)13-23(12-17-8-6-10-21-11-17)20(24)19-15(2)22-25-16(19)3/h4-11H,12-13H2,1-3H3. The molecule has 3 rings (SSSR count). The van der Waals surface area contributed by atoms with Gasteiger partial charge in [0.1, 0.15) is 11.3 Å². The highest BCUT2D eigenvalue weighted by Crippen LogP contribution is 2.20. The van der Waals surface area contributed by atoms with Gasteiger partial charge in [-0.15, -0.1) is 0 Å². The molecule has 0 unspecified atom stereocenters. The highest BCUT2D eigenvalue weighted by atomic mass is 16.5. The Morgan fingerprint density at radius 3 is 2.52 bits per heavy atom. The zero-order valence-corrected chi connectivity index (χ0v) is 14.7. The Balaban J connectivity index is 1.94. The van der Waals surface area contributed by atoms with E-state index in [1.54, 1.807) is 26.2 Å². The molecule has 5 heteroatoms. The summed E-state index contributed by atoms with van der Waals surface area (Å²) in [5.74, 6) is 0.465. The fourth-order valence-electron chi connectivity index (χ4n) is 2.85. The van der Waals surface area contributed by atoms with Crippen molar-refractivity contribution in [3.63, 3.8) is 0 Å². The van der Waals surface area contributed by atoms with Crippen molar-refractivity contribution in [3.8, 4) is 0 Å². The van der Waals surface area contributed by atoms with Gasteiger partial charge in [0.25, 0.3) is 5.91 Å². The highest BCUT2D eigenvalue weighted by Gasteiger charge is 2.24. The van der Waals surface area contributed by atoms with E-state index in [9.17, 15) is 4.79 Å². The summed E-state index contributed by atoms with van der Waals surface area (Å²) in [6.45, 7) is 6.61. The number of carbonyl (C=O) groups is 1. The second-order valence-electron chi connectivity index (χ2n) is 6.15. The lowest BCUT2D eigenvalue weighted by Crippen LogP contribution is -2.31. The minimum absolute atomic E-state index is 0.0802. The van der Waals surface area contributed by atoms with Crippen LogP contribution < -0.4 is 0 Å². The molecule has 2 aromatic heterocycles. The number of hydrogen-bond acceptors (Lipinski definition) is 4. The van der Waals surface area contributed by atoms with Gasteiger partial charge in [-0.3, -0.25) is 9.78 Å². The van der Waals surface area contributed by atoms with Crippen LogP contribution in [0.2, 0.25) is 0 Å². The van der Waals surface area contributed by atoms with Crippen molar-refractivity contribution in [2.45, 2.75) is 33.9 Å². The molecule has 0 aliphatic carbocycles. The highest BCUT2D eigenvalue weighted by molar-refractivity contribution is 5.96. The summed E-state index contributed by atoms with van der Waals surface area (Å²) < 4.78 is 5.18. The zero-order chi connectivity index (χ0) is 17.8. The molecule has 0 fully saturated rings. The Morgan fingerprint density at radius 2 is 1.88 bits per heavy atom. The lowest BCUT2D eigenvalue weighted by Gasteiger charge is -2.23. The monoisotopic (exact) mass is 335 g/mol. The Labute approximate surface area is 147 Å². The van der Waals surface area contributed by atoms with Gasteiger partial charge in [0.05, 0.1) is 5.69 Å². The Bertz CT molecular complexity index is 852. The van der Waals surface area contributed by atoms with Crippen LogP contribution in [0.5, 0.6) is 0 Å². The number of rotatable bonds is 5. The second-order valence-corrected chi connectivity index (χ2v) is 6.15. The van der Waals surface area contributed by atoms with E-state index in [1.807, 2.05) is 35.2 Å². The van der Waals surface area contributed by atoms with Crippen LogP contribution >= 0.6 is 0 Å². The van der Waals surface area contributed by atoms with E-state index in [0.717, 1.165) is 16.7 Å². The van der Waals surface area contributed by atoms with Crippen molar-refractivity contribution in [1.82, 2.24) is 15.0 Å². The molecule has 1 amide bonds. The number of amides is 1.